The summed E-state index contributed by atoms with van der Waals surface area (Å²) in [7, 11) is 0. The molecule has 0 spiro atoms. The second-order valence-corrected chi connectivity index (χ2v) is 5.48. The summed E-state index contributed by atoms with van der Waals surface area (Å²) < 4.78 is 5.25. The smallest absolute Gasteiger partial charge is 0.331 e. The Balaban J connectivity index is 2.13. The molecule has 0 bridgehead atoms. The van der Waals surface area contributed by atoms with E-state index in [2.05, 4.69) is 26.8 Å². The molecular weight excluding hydrogens is 188 g/mol. The molecule has 2 nitrogen and oxygen atoms in total. The molecule has 0 radical (unpaired) electrons. The molecule has 2 aliphatic rings. The van der Waals surface area contributed by atoms with Gasteiger partial charge in [-0.25, -0.2) is 4.79 Å². The van der Waals surface area contributed by atoms with Gasteiger partial charge in [0.15, 0.2) is 0 Å². The second kappa shape index (κ2) is 3.51. The molecule has 0 amide bonds. The Morgan fingerprint density at radius 1 is 1.47 bits per heavy atom. The first-order valence-electron chi connectivity index (χ1n) is 5.52. The van der Waals surface area contributed by atoms with Crippen molar-refractivity contribution in [2.75, 3.05) is 0 Å². The fourth-order valence-electron chi connectivity index (χ4n) is 2.78. The van der Waals surface area contributed by atoms with Crippen LogP contribution >= 0.6 is 0 Å². The van der Waals surface area contributed by atoms with Crippen LogP contribution in [0.3, 0.4) is 0 Å². The standard InChI is InChI=1S/C13H18O2/c1-9-6-10(8-13(2,3)7-9)11-4-5-12(14)15-11/h4-6,10-11H,7-8H2,1-3H3. The van der Waals surface area contributed by atoms with Gasteiger partial charge in [-0.3, -0.25) is 0 Å². The van der Waals surface area contributed by atoms with Crippen LogP contribution in [0.5, 0.6) is 0 Å². The highest BCUT2D eigenvalue weighted by atomic mass is 16.5. The topological polar surface area (TPSA) is 26.3 Å². The van der Waals surface area contributed by atoms with E-state index in [4.69, 9.17) is 4.74 Å². The van der Waals surface area contributed by atoms with Crippen LogP contribution in [0, 0.1) is 11.3 Å². The van der Waals surface area contributed by atoms with Crippen LogP contribution in [0.2, 0.25) is 0 Å². The lowest BCUT2D eigenvalue weighted by atomic mass is 9.72. The molecule has 0 aromatic heterocycles. The van der Waals surface area contributed by atoms with E-state index in [1.54, 1.807) is 0 Å². The number of hydrogen-bond acceptors (Lipinski definition) is 2. The first-order chi connectivity index (χ1) is 6.96. The molecular formula is C13H18O2. The Kier molecular flexibility index (Phi) is 2.45. The zero-order chi connectivity index (χ0) is 11.1. The summed E-state index contributed by atoms with van der Waals surface area (Å²) in [6, 6.07) is 0. The van der Waals surface area contributed by atoms with Crippen LogP contribution in [0.15, 0.2) is 23.8 Å². The van der Waals surface area contributed by atoms with Gasteiger partial charge in [0.1, 0.15) is 6.10 Å². The number of cyclic esters (lactones) is 1. The predicted octanol–water partition coefficient (Wildman–Crippen LogP) is 2.85. The summed E-state index contributed by atoms with van der Waals surface area (Å²) in [5.74, 6) is 0.158. The number of carbonyl (C=O) groups is 1. The van der Waals surface area contributed by atoms with E-state index in [0.717, 1.165) is 12.8 Å². The molecule has 2 atom stereocenters. The summed E-state index contributed by atoms with van der Waals surface area (Å²) in [4.78, 5) is 11.0. The lowest BCUT2D eigenvalue weighted by molar-refractivity contribution is -0.140. The number of ether oxygens (including phenoxy) is 1. The number of esters is 1. The van der Waals surface area contributed by atoms with Crippen molar-refractivity contribution in [1.29, 1.82) is 0 Å². The van der Waals surface area contributed by atoms with E-state index in [-0.39, 0.29) is 12.1 Å². The third-order valence-electron chi connectivity index (χ3n) is 3.14. The van der Waals surface area contributed by atoms with Gasteiger partial charge >= 0.3 is 5.97 Å². The van der Waals surface area contributed by atoms with Gasteiger partial charge in [-0.05, 0) is 31.3 Å². The van der Waals surface area contributed by atoms with Gasteiger partial charge in [0.05, 0.1) is 0 Å². The lowest BCUT2D eigenvalue weighted by Gasteiger charge is -2.35. The predicted molar refractivity (Wildman–Crippen MR) is 59.3 cm³/mol. The summed E-state index contributed by atoms with van der Waals surface area (Å²) in [6.45, 7) is 6.71. The van der Waals surface area contributed by atoms with Gasteiger partial charge in [0.25, 0.3) is 0 Å². The van der Waals surface area contributed by atoms with E-state index in [9.17, 15) is 4.79 Å². The molecule has 2 unspecified atom stereocenters. The Labute approximate surface area is 91.0 Å². The zero-order valence-corrected chi connectivity index (χ0v) is 9.62. The molecule has 82 valence electrons. The first kappa shape index (κ1) is 10.5. The van der Waals surface area contributed by atoms with Crippen LogP contribution < -0.4 is 0 Å². The maximum absolute atomic E-state index is 11.0. The minimum absolute atomic E-state index is 0.0352. The molecule has 2 heteroatoms. The summed E-state index contributed by atoms with van der Waals surface area (Å²) in [6.07, 6.45) is 7.89. The molecule has 1 aliphatic heterocycles. The van der Waals surface area contributed by atoms with E-state index >= 15 is 0 Å². The van der Waals surface area contributed by atoms with Crippen LogP contribution in [-0.4, -0.2) is 12.1 Å². The molecule has 0 saturated carbocycles. The van der Waals surface area contributed by atoms with E-state index in [1.165, 1.54) is 11.6 Å². The number of carbonyl (C=O) groups excluding carboxylic acids is 1. The fraction of sp³-hybridized carbons (Fsp3) is 0.615. The molecule has 0 saturated heterocycles. The highest BCUT2D eigenvalue weighted by Gasteiger charge is 2.33. The maximum atomic E-state index is 11.0. The van der Waals surface area contributed by atoms with Crippen LogP contribution in [0.1, 0.15) is 33.6 Å². The highest BCUT2D eigenvalue weighted by Crippen LogP contribution is 2.40. The van der Waals surface area contributed by atoms with Crippen molar-refractivity contribution < 1.29 is 9.53 Å². The zero-order valence-electron chi connectivity index (χ0n) is 9.62. The first-order valence-corrected chi connectivity index (χ1v) is 5.52. The third-order valence-corrected chi connectivity index (χ3v) is 3.14. The van der Waals surface area contributed by atoms with Crippen molar-refractivity contribution in [2.45, 2.75) is 39.7 Å². The number of allylic oxidation sites excluding steroid dienone is 1. The van der Waals surface area contributed by atoms with E-state index < -0.39 is 0 Å². The third kappa shape index (κ3) is 2.31. The minimum atomic E-state index is -0.200. The summed E-state index contributed by atoms with van der Waals surface area (Å²) >= 11 is 0. The minimum Gasteiger partial charge on any atom is -0.454 e. The SMILES string of the molecule is CC1=CC(C2C=CC(=O)O2)CC(C)(C)C1. The molecule has 0 aromatic carbocycles. The summed E-state index contributed by atoms with van der Waals surface area (Å²) in [5.41, 5.74) is 1.74. The lowest BCUT2D eigenvalue weighted by Crippen LogP contribution is -2.29. The van der Waals surface area contributed by atoms with Gasteiger partial charge in [-0.1, -0.05) is 25.5 Å². The van der Waals surface area contributed by atoms with E-state index in [1.807, 2.05) is 6.08 Å². The van der Waals surface area contributed by atoms with Crippen LogP contribution in [0.4, 0.5) is 0 Å². The Morgan fingerprint density at radius 3 is 2.73 bits per heavy atom. The second-order valence-electron chi connectivity index (χ2n) is 5.48. The Morgan fingerprint density at radius 2 is 2.20 bits per heavy atom. The molecule has 0 N–H and O–H groups in total. The molecule has 0 aromatic rings. The monoisotopic (exact) mass is 206 g/mol. The van der Waals surface area contributed by atoms with E-state index in [0.29, 0.717) is 11.3 Å². The molecule has 2 rings (SSSR count). The molecule has 15 heavy (non-hydrogen) atoms. The van der Waals surface area contributed by atoms with Gasteiger partial charge in [0.2, 0.25) is 0 Å². The van der Waals surface area contributed by atoms with Gasteiger partial charge in [0, 0.05) is 12.0 Å². The number of rotatable bonds is 1. The molecule has 1 aliphatic carbocycles. The van der Waals surface area contributed by atoms with Crippen molar-refractivity contribution >= 4 is 5.97 Å². The fourth-order valence-corrected chi connectivity index (χ4v) is 2.78. The average molecular weight is 206 g/mol. The maximum Gasteiger partial charge on any atom is 0.331 e. The molecule has 0 fully saturated rings. The van der Waals surface area contributed by atoms with Crippen molar-refractivity contribution in [3.05, 3.63) is 23.8 Å². The molecule has 1 heterocycles. The quantitative estimate of drug-likeness (QED) is 0.487. The normalized spacial score (nSPS) is 33.8. The van der Waals surface area contributed by atoms with Crippen molar-refractivity contribution in [2.24, 2.45) is 11.3 Å². The number of hydrogen-bond donors (Lipinski definition) is 0. The largest absolute Gasteiger partial charge is 0.454 e. The van der Waals surface area contributed by atoms with Crippen LogP contribution in [-0.2, 0) is 9.53 Å². The Hall–Kier alpha value is -1.05. The summed E-state index contributed by atoms with van der Waals surface area (Å²) in [5, 5.41) is 0. The van der Waals surface area contributed by atoms with Gasteiger partial charge < -0.3 is 4.74 Å². The Bertz CT molecular complexity index is 336. The van der Waals surface area contributed by atoms with Crippen LogP contribution in [0.25, 0.3) is 0 Å². The van der Waals surface area contributed by atoms with Crippen molar-refractivity contribution in [3.63, 3.8) is 0 Å². The van der Waals surface area contributed by atoms with Gasteiger partial charge in [-0.2, -0.15) is 0 Å². The van der Waals surface area contributed by atoms with Crippen molar-refractivity contribution in [3.8, 4) is 0 Å². The highest BCUT2D eigenvalue weighted by molar-refractivity contribution is 5.84. The van der Waals surface area contributed by atoms with Crippen molar-refractivity contribution in [1.82, 2.24) is 0 Å². The average Bonchev–Trinajstić information content (AvgIpc) is 2.48. The van der Waals surface area contributed by atoms with Gasteiger partial charge in [-0.15, -0.1) is 0 Å².